The molecule has 0 heterocycles. The quantitative estimate of drug-likeness (QED) is 0.774. The van der Waals surface area contributed by atoms with E-state index in [9.17, 15) is 13.2 Å². The molecule has 1 aliphatic rings. The zero-order valence-corrected chi connectivity index (χ0v) is 12.6. The van der Waals surface area contributed by atoms with Gasteiger partial charge in [0.05, 0.1) is 10.5 Å². The minimum atomic E-state index is -3.22. The fraction of sp³-hybridized carbons (Fsp3) is 0.929. The summed E-state index contributed by atoms with van der Waals surface area (Å²) in [6.07, 6.45) is 8.60. The summed E-state index contributed by atoms with van der Waals surface area (Å²) in [5.74, 6) is 0.0222. The smallest absolute Gasteiger partial charge is 0.202 e. The molecule has 1 radical (unpaired) electrons. The van der Waals surface area contributed by atoms with E-state index < -0.39 is 20.5 Å². The van der Waals surface area contributed by atoms with E-state index >= 15 is 0 Å². The molecule has 0 aromatic rings. The summed E-state index contributed by atoms with van der Waals surface area (Å²) in [7, 11) is -3.22. The van der Waals surface area contributed by atoms with Crippen LogP contribution in [0.1, 0.15) is 59.3 Å². The summed E-state index contributed by atoms with van der Waals surface area (Å²) >= 11 is 0. The summed E-state index contributed by atoms with van der Waals surface area (Å²) in [6.45, 7) is 5.06. The maximum atomic E-state index is 12.1. The van der Waals surface area contributed by atoms with Gasteiger partial charge >= 0.3 is 0 Å². The van der Waals surface area contributed by atoms with Gasteiger partial charge < -0.3 is 0 Å². The molecule has 0 aromatic carbocycles. The van der Waals surface area contributed by atoms with Crippen molar-refractivity contribution in [3.8, 4) is 0 Å². The Bertz CT molecular complexity index is 359. The first-order valence-electron chi connectivity index (χ1n) is 6.86. The minimum Gasteiger partial charge on any atom is -0.291 e. The highest BCUT2D eigenvalue weighted by atomic mass is 32.2. The van der Waals surface area contributed by atoms with Crippen molar-refractivity contribution < 1.29 is 13.2 Å². The molecule has 105 valence electrons. The molecule has 3 nitrogen and oxygen atoms in total. The highest BCUT2D eigenvalue weighted by Crippen LogP contribution is 2.30. The molecule has 18 heavy (non-hydrogen) atoms. The third-order valence-electron chi connectivity index (χ3n) is 3.86. The van der Waals surface area contributed by atoms with Gasteiger partial charge in [-0.05, 0) is 33.1 Å². The summed E-state index contributed by atoms with van der Waals surface area (Å²) in [5.41, 5.74) is 0. The molecular weight excluding hydrogens is 248 g/mol. The van der Waals surface area contributed by atoms with E-state index in [4.69, 9.17) is 0 Å². The molecule has 0 saturated heterocycles. The molecule has 4 heteroatoms. The van der Waals surface area contributed by atoms with Crippen molar-refractivity contribution in [1.29, 1.82) is 0 Å². The topological polar surface area (TPSA) is 51.2 Å². The van der Waals surface area contributed by atoms with Gasteiger partial charge in [0.2, 0.25) is 6.29 Å². The van der Waals surface area contributed by atoms with Gasteiger partial charge in [-0.3, -0.25) is 4.79 Å². The van der Waals surface area contributed by atoms with Crippen molar-refractivity contribution >= 4 is 16.1 Å². The summed E-state index contributed by atoms with van der Waals surface area (Å²) < 4.78 is 23.4. The Labute approximate surface area is 111 Å². The third kappa shape index (κ3) is 4.38. The molecular formula is C14H25O3S. The van der Waals surface area contributed by atoms with Crippen molar-refractivity contribution in [3.05, 3.63) is 0 Å². The van der Waals surface area contributed by atoms with Crippen LogP contribution in [0.4, 0.5) is 0 Å². The zero-order valence-electron chi connectivity index (χ0n) is 11.7. The van der Waals surface area contributed by atoms with Crippen molar-refractivity contribution in [2.45, 2.75) is 64.0 Å². The van der Waals surface area contributed by atoms with Crippen LogP contribution in [0, 0.1) is 11.8 Å². The standard InChI is InChI=1S/C14H25O3S/c1-14(2,3)18(16,17)11-13(10-15)9-12-7-5-4-6-8-12/h12-13H,4-9,11H2,1-3H3. The molecule has 1 saturated carbocycles. The lowest BCUT2D eigenvalue weighted by molar-refractivity contribution is 0.317. The van der Waals surface area contributed by atoms with E-state index in [0.717, 1.165) is 12.8 Å². The van der Waals surface area contributed by atoms with Crippen LogP contribution in [-0.2, 0) is 14.6 Å². The van der Waals surface area contributed by atoms with Crippen LogP contribution in [0.5, 0.6) is 0 Å². The van der Waals surface area contributed by atoms with E-state index in [-0.39, 0.29) is 5.75 Å². The van der Waals surface area contributed by atoms with Gasteiger partial charge in [0.1, 0.15) is 0 Å². The fourth-order valence-corrected chi connectivity index (χ4v) is 3.72. The number of hydrogen-bond acceptors (Lipinski definition) is 3. The van der Waals surface area contributed by atoms with Crippen LogP contribution >= 0.6 is 0 Å². The summed E-state index contributed by atoms with van der Waals surface area (Å²) in [6, 6.07) is 0. The van der Waals surface area contributed by atoms with E-state index in [1.165, 1.54) is 19.3 Å². The Hall–Kier alpha value is -0.380. The van der Waals surface area contributed by atoms with E-state index in [0.29, 0.717) is 12.3 Å². The summed E-state index contributed by atoms with van der Waals surface area (Å²) in [4.78, 5) is 11.0. The second-order valence-electron chi connectivity index (χ2n) is 6.45. The highest BCUT2D eigenvalue weighted by Gasteiger charge is 2.32. The van der Waals surface area contributed by atoms with Crippen LogP contribution < -0.4 is 0 Å². The highest BCUT2D eigenvalue weighted by molar-refractivity contribution is 7.92. The van der Waals surface area contributed by atoms with Gasteiger partial charge in [0, 0.05) is 5.92 Å². The monoisotopic (exact) mass is 273 g/mol. The van der Waals surface area contributed by atoms with Crippen molar-refractivity contribution in [2.24, 2.45) is 11.8 Å². The van der Waals surface area contributed by atoms with E-state index in [1.807, 2.05) is 6.29 Å². The molecule has 0 N–H and O–H groups in total. The molecule has 1 aliphatic carbocycles. The van der Waals surface area contributed by atoms with Gasteiger partial charge in [0.25, 0.3) is 0 Å². The Morgan fingerprint density at radius 2 is 1.72 bits per heavy atom. The summed E-state index contributed by atoms with van der Waals surface area (Å²) in [5, 5.41) is 0. The lowest BCUT2D eigenvalue weighted by Gasteiger charge is -2.26. The minimum absolute atomic E-state index is 0.0451. The van der Waals surface area contributed by atoms with Crippen molar-refractivity contribution in [2.75, 3.05) is 5.75 Å². The third-order valence-corrected chi connectivity index (χ3v) is 6.57. The van der Waals surface area contributed by atoms with Gasteiger partial charge in [-0.2, -0.15) is 0 Å². The molecule has 1 rings (SSSR count). The second-order valence-corrected chi connectivity index (χ2v) is 9.24. The maximum Gasteiger partial charge on any atom is 0.202 e. The van der Waals surface area contributed by atoms with Gasteiger partial charge in [-0.25, -0.2) is 8.42 Å². The van der Waals surface area contributed by atoms with Gasteiger partial charge in [0.15, 0.2) is 9.84 Å². The molecule has 1 unspecified atom stereocenters. The number of sulfone groups is 1. The molecule has 1 atom stereocenters. The zero-order chi connectivity index (χ0) is 13.8. The number of hydrogen-bond donors (Lipinski definition) is 0. The molecule has 0 bridgehead atoms. The van der Waals surface area contributed by atoms with Crippen LogP contribution in [0.3, 0.4) is 0 Å². The number of carbonyl (C=O) groups excluding carboxylic acids is 1. The SMILES string of the molecule is CC(C)(C)S(=O)(=O)CC([C]=O)CC1CCCCC1. The first kappa shape index (κ1) is 15.7. The molecule has 0 aliphatic heterocycles. The van der Waals surface area contributed by atoms with Gasteiger partial charge in [-0.15, -0.1) is 0 Å². The largest absolute Gasteiger partial charge is 0.291 e. The first-order valence-corrected chi connectivity index (χ1v) is 8.51. The normalized spacial score (nSPS) is 20.6. The van der Waals surface area contributed by atoms with Crippen LogP contribution in [0.2, 0.25) is 0 Å². The van der Waals surface area contributed by atoms with E-state index in [2.05, 4.69) is 0 Å². The van der Waals surface area contributed by atoms with Crippen molar-refractivity contribution in [1.82, 2.24) is 0 Å². The molecule has 0 amide bonds. The Kier molecular flexibility index (Phi) is 5.38. The Morgan fingerprint density at radius 1 is 1.17 bits per heavy atom. The lowest BCUT2D eigenvalue weighted by atomic mass is 9.83. The van der Waals surface area contributed by atoms with Gasteiger partial charge in [-0.1, -0.05) is 32.1 Å². The molecule has 0 aromatic heterocycles. The van der Waals surface area contributed by atoms with Crippen LogP contribution in [-0.4, -0.2) is 25.2 Å². The van der Waals surface area contributed by atoms with Crippen LogP contribution in [0.15, 0.2) is 0 Å². The Balaban J connectivity index is 2.59. The van der Waals surface area contributed by atoms with Crippen molar-refractivity contribution in [3.63, 3.8) is 0 Å². The average molecular weight is 273 g/mol. The molecule has 1 fully saturated rings. The predicted molar refractivity (Wildman–Crippen MR) is 73.9 cm³/mol. The second kappa shape index (κ2) is 6.18. The molecule has 0 spiro atoms. The number of rotatable bonds is 5. The fourth-order valence-electron chi connectivity index (χ4n) is 2.49. The lowest BCUT2D eigenvalue weighted by Crippen LogP contribution is -2.34. The Morgan fingerprint density at radius 3 is 2.17 bits per heavy atom. The predicted octanol–water partition coefficient (Wildman–Crippen LogP) is 2.90. The maximum absolute atomic E-state index is 12.1. The van der Waals surface area contributed by atoms with Crippen LogP contribution in [0.25, 0.3) is 0 Å². The van der Waals surface area contributed by atoms with E-state index in [1.54, 1.807) is 20.8 Å². The first-order chi connectivity index (χ1) is 8.26. The average Bonchev–Trinajstić information content (AvgIpc) is 2.27.